The summed E-state index contributed by atoms with van der Waals surface area (Å²) in [7, 11) is 1.51. The van der Waals surface area contributed by atoms with E-state index < -0.39 is 35.9 Å². The molecule has 0 saturated heterocycles. The van der Waals surface area contributed by atoms with Crippen LogP contribution in [-0.2, 0) is 17.5 Å². The number of rotatable bonds is 8. The molecule has 178 valence electrons. The van der Waals surface area contributed by atoms with Crippen molar-refractivity contribution in [2.45, 2.75) is 12.7 Å². The molecule has 0 aromatic heterocycles. The largest absolute Gasteiger partial charge is 0.497 e. The molecule has 3 rings (SSSR count). The van der Waals surface area contributed by atoms with Gasteiger partial charge in [0.15, 0.2) is 6.61 Å². The number of nitrogens with one attached hydrogen (secondary N) is 2. The van der Waals surface area contributed by atoms with Gasteiger partial charge in [0.1, 0.15) is 17.3 Å². The Morgan fingerprint density at radius 1 is 0.941 bits per heavy atom. The Labute approximate surface area is 192 Å². The lowest BCUT2D eigenvalue weighted by Gasteiger charge is -2.14. The summed E-state index contributed by atoms with van der Waals surface area (Å²) in [6.07, 6.45) is -4.75. The molecule has 34 heavy (non-hydrogen) atoms. The van der Waals surface area contributed by atoms with Crippen molar-refractivity contribution in [3.63, 3.8) is 0 Å². The molecule has 2 N–H and O–H groups in total. The van der Waals surface area contributed by atoms with Crippen molar-refractivity contribution in [1.82, 2.24) is 5.32 Å². The van der Waals surface area contributed by atoms with Gasteiger partial charge in [0.25, 0.3) is 11.8 Å². The average Bonchev–Trinajstić information content (AvgIpc) is 2.81. The minimum atomic E-state index is -4.75. The first kappa shape index (κ1) is 24.6. The van der Waals surface area contributed by atoms with Gasteiger partial charge in [0.05, 0.1) is 12.7 Å². The number of hydrogen-bond acceptors (Lipinski definition) is 4. The number of anilines is 1. The predicted molar refractivity (Wildman–Crippen MR) is 116 cm³/mol. The summed E-state index contributed by atoms with van der Waals surface area (Å²) in [4.78, 5) is 24.4. The average molecular weight is 476 g/mol. The monoisotopic (exact) mass is 476 g/mol. The lowest BCUT2D eigenvalue weighted by atomic mass is 10.1. The van der Waals surface area contributed by atoms with Gasteiger partial charge in [0.2, 0.25) is 0 Å². The highest BCUT2D eigenvalue weighted by molar-refractivity contribution is 5.94. The van der Waals surface area contributed by atoms with Crippen molar-refractivity contribution in [3.8, 4) is 11.5 Å². The van der Waals surface area contributed by atoms with Crippen LogP contribution in [0.25, 0.3) is 0 Å². The normalized spacial score (nSPS) is 11.0. The van der Waals surface area contributed by atoms with E-state index in [1.54, 1.807) is 24.3 Å². The number of hydrogen-bond donors (Lipinski definition) is 2. The Morgan fingerprint density at radius 3 is 2.35 bits per heavy atom. The molecule has 0 aliphatic rings. The number of alkyl halides is 3. The van der Waals surface area contributed by atoms with Gasteiger partial charge in [-0.15, -0.1) is 0 Å². The van der Waals surface area contributed by atoms with E-state index in [0.29, 0.717) is 23.3 Å². The van der Waals surface area contributed by atoms with Crippen LogP contribution >= 0.6 is 0 Å². The third kappa shape index (κ3) is 6.71. The SMILES string of the molecule is COc1cccc(NC(=O)COc2ccc(C(=O)NCc3ccc(F)cc3C(F)(F)F)cc2)c1. The Balaban J connectivity index is 1.53. The lowest BCUT2D eigenvalue weighted by Crippen LogP contribution is -2.24. The van der Waals surface area contributed by atoms with E-state index >= 15 is 0 Å². The second kappa shape index (κ2) is 10.7. The highest BCUT2D eigenvalue weighted by Crippen LogP contribution is 2.32. The molecule has 0 bridgehead atoms. The van der Waals surface area contributed by atoms with E-state index in [1.807, 2.05) is 0 Å². The van der Waals surface area contributed by atoms with Crippen LogP contribution in [0.2, 0.25) is 0 Å². The standard InChI is InChI=1S/C24H20F4N2O4/c1-33-20-4-2-3-18(12-20)30-22(31)14-34-19-9-6-15(7-10-19)23(32)29-13-16-5-8-17(25)11-21(16)24(26,27)28/h2-12H,13-14H2,1H3,(H,29,32)(H,30,31). The number of halogens is 4. The fourth-order valence-electron chi connectivity index (χ4n) is 2.99. The van der Waals surface area contributed by atoms with Crippen LogP contribution in [-0.4, -0.2) is 25.5 Å². The van der Waals surface area contributed by atoms with Crippen LogP contribution < -0.4 is 20.1 Å². The number of methoxy groups -OCH3 is 1. The Bertz CT molecular complexity index is 1160. The molecular formula is C24H20F4N2O4. The molecule has 6 nitrogen and oxygen atoms in total. The lowest BCUT2D eigenvalue weighted by molar-refractivity contribution is -0.138. The maximum Gasteiger partial charge on any atom is 0.416 e. The fraction of sp³-hybridized carbons (Fsp3) is 0.167. The van der Waals surface area contributed by atoms with Crippen molar-refractivity contribution in [2.75, 3.05) is 19.0 Å². The maximum atomic E-state index is 13.2. The number of benzene rings is 3. The summed E-state index contributed by atoms with van der Waals surface area (Å²) in [5, 5.41) is 5.03. The summed E-state index contributed by atoms with van der Waals surface area (Å²) >= 11 is 0. The van der Waals surface area contributed by atoms with Crippen molar-refractivity contribution in [2.24, 2.45) is 0 Å². The topological polar surface area (TPSA) is 76.7 Å². The zero-order valence-electron chi connectivity index (χ0n) is 17.9. The summed E-state index contributed by atoms with van der Waals surface area (Å²) < 4.78 is 62.9. The van der Waals surface area contributed by atoms with Gasteiger partial charge < -0.3 is 20.1 Å². The van der Waals surface area contributed by atoms with Gasteiger partial charge in [-0.1, -0.05) is 12.1 Å². The highest BCUT2D eigenvalue weighted by Gasteiger charge is 2.33. The van der Waals surface area contributed by atoms with E-state index in [9.17, 15) is 27.2 Å². The summed E-state index contributed by atoms with van der Waals surface area (Å²) in [5.74, 6) is -1.15. The number of carbonyl (C=O) groups is 2. The van der Waals surface area contributed by atoms with Gasteiger partial charge in [-0.05, 0) is 54.1 Å². The van der Waals surface area contributed by atoms with Crippen LogP contribution in [0.1, 0.15) is 21.5 Å². The first-order valence-corrected chi connectivity index (χ1v) is 9.96. The second-order valence-electron chi connectivity index (χ2n) is 7.08. The second-order valence-corrected chi connectivity index (χ2v) is 7.08. The third-order valence-electron chi connectivity index (χ3n) is 4.66. The maximum absolute atomic E-state index is 13.2. The van der Waals surface area contributed by atoms with Crippen molar-refractivity contribution >= 4 is 17.5 Å². The first-order chi connectivity index (χ1) is 16.2. The summed E-state index contributed by atoms with van der Waals surface area (Å²) in [6.45, 7) is -0.718. The number of ether oxygens (including phenoxy) is 2. The zero-order chi connectivity index (χ0) is 24.7. The van der Waals surface area contributed by atoms with Crippen molar-refractivity contribution < 1.29 is 36.6 Å². The van der Waals surface area contributed by atoms with Gasteiger partial charge in [-0.25, -0.2) is 4.39 Å². The Morgan fingerprint density at radius 2 is 1.68 bits per heavy atom. The van der Waals surface area contributed by atoms with Crippen LogP contribution in [0.5, 0.6) is 11.5 Å². The van der Waals surface area contributed by atoms with E-state index in [1.165, 1.54) is 31.4 Å². The van der Waals surface area contributed by atoms with Crippen LogP contribution in [0, 0.1) is 5.82 Å². The van der Waals surface area contributed by atoms with E-state index in [2.05, 4.69) is 10.6 Å². The number of carbonyl (C=O) groups excluding carboxylic acids is 2. The number of amides is 2. The minimum absolute atomic E-state index is 0.170. The van der Waals surface area contributed by atoms with E-state index in [0.717, 1.165) is 12.1 Å². The van der Waals surface area contributed by atoms with Crippen LogP contribution in [0.15, 0.2) is 66.7 Å². The molecule has 3 aromatic carbocycles. The smallest absolute Gasteiger partial charge is 0.416 e. The first-order valence-electron chi connectivity index (χ1n) is 9.96. The third-order valence-corrected chi connectivity index (χ3v) is 4.66. The Kier molecular flexibility index (Phi) is 7.72. The molecule has 0 radical (unpaired) electrons. The highest BCUT2D eigenvalue weighted by atomic mass is 19.4. The van der Waals surface area contributed by atoms with Crippen molar-refractivity contribution in [3.05, 3.63) is 89.2 Å². The molecule has 10 heteroatoms. The molecule has 0 aliphatic carbocycles. The van der Waals surface area contributed by atoms with Crippen molar-refractivity contribution in [1.29, 1.82) is 0 Å². The molecule has 3 aromatic rings. The summed E-state index contributed by atoms with van der Waals surface area (Å²) in [5.41, 5.74) is -0.702. The van der Waals surface area contributed by atoms with Gasteiger partial charge in [-0.2, -0.15) is 13.2 Å². The summed E-state index contributed by atoms with van der Waals surface area (Å²) in [6, 6.07) is 14.8. The van der Waals surface area contributed by atoms with E-state index in [-0.39, 0.29) is 17.7 Å². The predicted octanol–water partition coefficient (Wildman–Crippen LogP) is 4.80. The fourth-order valence-corrected chi connectivity index (χ4v) is 2.99. The van der Waals surface area contributed by atoms with E-state index in [4.69, 9.17) is 9.47 Å². The van der Waals surface area contributed by atoms with Gasteiger partial charge in [0, 0.05) is 23.9 Å². The molecule has 0 spiro atoms. The Hall–Kier alpha value is -4.08. The minimum Gasteiger partial charge on any atom is -0.497 e. The molecule has 0 saturated carbocycles. The van der Waals surface area contributed by atoms with Crippen LogP contribution in [0.3, 0.4) is 0 Å². The molecule has 0 aliphatic heterocycles. The van der Waals surface area contributed by atoms with Crippen LogP contribution in [0.4, 0.5) is 23.2 Å². The zero-order valence-corrected chi connectivity index (χ0v) is 17.9. The molecule has 0 fully saturated rings. The molecular weight excluding hydrogens is 456 g/mol. The van der Waals surface area contributed by atoms with Gasteiger partial charge in [-0.3, -0.25) is 9.59 Å². The molecule has 0 atom stereocenters. The molecule has 0 heterocycles. The molecule has 0 unspecified atom stereocenters. The van der Waals surface area contributed by atoms with Gasteiger partial charge >= 0.3 is 6.18 Å². The molecule has 2 amide bonds. The quantitative estimate of drug-likeness (QED) is 0.458.